The Balaban J connectivity index is 1.85. The molecule has 1 unspecified atom stereocenters. The predicted molar refractivity (Wildman–Crippen MR) is 108 cm³/mol. The molecule has 1 atom stereocenters. The largest absolute Gasteiger partial charge is 0.349 e. The van der Waals surface area contributed by atoms with Crippen LogP contribution in [-0.4, -0.2) is 20.3 Å². The van der Waals surface area contributed by atoms with E-state index in [1.165, 1.54) is 4.68 Å². The molecule has 0 saturated heterocycles. The van der Waals surface area contributed by atoms with E-state index in [0.29, 0.717) is 18.5 Å². The molecule has 1 N–H and O–H groups in total. The van der Waals surface area contributed by atoms with Gasteiger partial charge in [-0.3, -0.25) is 9.59 Å². The Morgan fingerprint density at radius 3 is 2.78 bits per heavy atom. The van der Waals surface area contributed by atoms with Gasteiger partial charge in [-0.1, -0.05) is 31.2 Å². The van der Waals surface area contributed by atoms with Gasteiger partial charge >= 0.3 is 0 Å². The fourth-order valence-electron chi connectivity index (χ4n) is 3.50. The van der Waals surface area contributed by atoms with Gasteiger partial charge in [0, 0.05) is 22.7 Å². The lowest BCUT2D eigenvalue weighted by atomic mass is 10.2. The number of aromatic nitrogens is 3. The molecular formula is C20H20N4O2S. The first kappa shape index (κ1) is 17.5. The Morgan fingerprint density at radius 2 is 2.04 bits per heavy atom. The van der Waals surface area contributed by atoms with Crippen molar-refractivity contribution in [3.63, 3.8) is 0 Å². The lowest BCUT2D eigenvalue weighted by molar-refractivity contribution is -0.124. The van der Waals surface area contributed by atoms with Gasteiger partial charge < -0.3 is 9.88 Å². The summed E-state index contributed by atoms with van der Waals surface area (Å²) in [4.78, 5) is 27.0. The lowest BCUT2D eigenvalue weighted by Crippen LogP contribution is -2.33. The van der Waals surface area contributed by atoms with Crippen molar-refractivity contribution in [2.45, 2.75) is 25.9 Å². The third-order valence-corrected chi connectivity index (χ3v) is 5.70. The predicted octanol–water partition coefficient (Wildman–Crippen LogP) is 3.22. The number of fused-ring (bicyclic) bond motifs is 3. The topological polar surface area (TPSA) is 68.9 Å². The van der Waals surface area contributed by atoms with Gasteiger partial charge in [0.05, 0.1) is 18.3 Å². The second-order valence-electron chi connectivity index (χ2n) is 6.44. The lowest BCUT2D eigenvalue weighted by Gasteiger charge is -2.19. The van der Waals surface area contributed by atoms with Crippen molar-refractivity contribution in [3.8, 4) is 0 Å². The van der Waals surface area contributed by atoms with Gasteiger partial charge in [0.1, 0.15) is 11.6 Å². The van der Waals surface area contributed by atoms with Crippen molar-refractivity contribution >= 4 is 39.0 Å². The maximum atomic E-state index is 13.0. The molecule has 138 valence electrons. The summed E-state index contributed by atoms with van der Waals surface area (Å²) in [5.74, 6) is -0.0904. The number of nitrogens with zero attached hydrogens (tertiary/aromatic N) is 3. The molecule has 6 nitrogen and oxygen atoms in total. The zero-order valence-corrected chi connectivity index (χ0v) is 16.0. The number of rotatable bonds is 5. The van der Waals surface area contributed by atoms with Crippen molar-refractivity contribution in [2.24, 2.45) is 7.05 Å². The molecule has 0 aliphatic carbocycles. The van der Waals surface area contributed by atoms with Crippen LogP contribution in [0, 0.1) is 0 Å². The fourth-order valence-corrected chi connectivity index (χ4v) is 4.15. The number of carbonyl (C=O) groups excluding carboxylic acids is 1. The molecule has 27 heavy (non-hydrogen) atoms. The van der Waals surface area contributed by atoms with Gasteiger partial charge in [0.25, 0.3) is 5.56 Å². The second kappa shape index (κ2) is 7.00. The van der Waals surface area contributed by atoms with E-state index in [4.69, 9.17) is 0 Å². The van der Waals surface area contributed by atoms with E-state index in [1.807, 2.05) is 53.3 Å². The zero-order valence-electron chi connectivity index (χ0n) is 15.2. The highest BCUT2D eigenvalue weighted by Gasteiger charge is 2.25. The van der Waals surface area contributed by atoms with Crippen molar-refractivity contribution in [1.29, 1.82) is 0 Å². The van der Waals surface area contributed by atoms with Crippen LogP contribution >= 0.6 is 11.3 Å². The van der Waals surface area contributed by atoms with Crippen LogP contribution in [0.2, 0.25) is 0 Å². The second-order valence-corrected chi connectivity index (χ2v) is 7.48. The van der Waals surface area contributed by atoms with Crippen molar-refractivity contribution < 1.29 is 4.79 Å². The average molecular weight is 380 g/mol. The minimum Gasteiger partial charge on any atom is -0.349 e. The summed E-state index contributed by atoms with van der Waals surface area (Å²) in [5.41, 5.74) is 1.19. The van der Waals surface area contributed by atoms with Crippen LogP contribution in [0.1, 0.15) is 24.3 Å². The molecule has 0 aliphatic heterocycles. The number of carbonyl (C=O) groups is 1. The summed E-state index contributed by atoms with van der Waals surface area (Å²) in [5, 5.41) is 10.9. The highest BCUT2D eigenvalue weighted by atomic mass is 32.1. The van der Waals surface area contributed by atoms with Gasteiger partial charge in [-0.25, -0.2) is 4.68 Å². The molecule has 7 heteroatoms. The van der Waals surface area contributed by atoms with Crippen LogP contribution in [0.4, 0.5) is 0 Å². The summed E-state index contributed by atoms with van der Waals surface area (Å²) < 4.78 is 3.19. The summed E-state index contributed by atoms with van der Waals surface area (Å²) in [6.07, 6.45) is 2.28. The number of para-hydroxylation sites is 1. The minimum absolute atomic E-state index is 0.0904. The maximum Gasteiger partial charge on any atom is 0.291 e. The number of hydrogen-bond acceptors (Lipinski definition) is 4. The van der Waals surface area contributed by atoms with Crippen LogP contribution in [0.15, 0.2) is 52.8 Å². The molecule has 3 heterocycles. The molecule has 0 bridgehead atoms. The smallest absolute Gasteiger partial charge is 0.291 e. The van der Waals surface area contributed by atoms with Crippen LogP contribution < -0.4 is 10.9 Å². The third-order valence-electron chi connectivity index (χ3n) is 4.82. The molecule has 3 aromatic heterocycles. The Bertz CT molecular complexity index is 1170. The zero-order chi connectivity index (χ0) is 19.0. The Morgan fingerprint density at radius 1 is 1.22 bits per heavy atom. The van der Waals surface area contributed by atoms with Gasteiger partial charge in [-0.2, -0.15) is 5.10 Å². The number of hydrogen-bond donors (Lipinski definition) is 1. The first-order valence-corrected chi connectivity index (χ1v) is 9.74. The first-order valence-electron chi connectivity index (χ1n) is 8.87. The molecular weight excluding hydrogens is 360 g/mol. The van der Waals surface area contributed by atoms with Crippen LogP contribution in [0.3, 0.4) is 0 Å². The third kappa shape index (κ3) is 2.94. The minimum atomic E-state index is -0.470. The molecule has 4 rings (SSSR count). The van der Waals surface area contributed by atoms with E-state index >= 15 is 0 Å². The number of aryl methyl sites for hydroxylation is 1. The van der Waals surface area contributed by atoms with E-state index in [9.17, 15) is 9.59 Å². The SMILES string of the molecule is CCC(C(=O)NCc1cccs1)n1c2ccccc2c2cnn(C)c(=O)c21. The first-order chi connectivity index (χ1) is 13.1. The average Bonchev–Trinajstić information content (AvgIpc) is 3.31. The highest BCUT2D eigenvalue weighted by molar-refractivity contribution is 7.09. The molecule has 1 amide bonds. The fraction of sp³-hybridized carbons (Fsp3) is 0.250. The van der Waals surface area contributed by atoms with E-state index in [2.05, 4.69) is 10.4 Å². The molecule has 0 radical (unpaired) electrons. The summed E-state index contributed by atoms with van der Waals surface area (Å²) >= 11 is 1.61. The quantitative estimate of drug-likeness (QED) is 0.578. The van der Waals surface area contributed by atoms with E-state index in [0.717, 1.165) is 21.2 Å². The van der Waals surface area contributed by atoms with E-state index in [1.54, 1.807) is 24.6 Å². The molecule has 0 spiro atoms. The standard InChI is InChI=1S/C20H20N4O2S/c1-3-16(19(25)21-11-13-7-6-10-27-13)24-17-9-5-4-8-14(17)15-12-22-23(2)20(26)18(15)24/h4-10,12,16H,3,11H2,1-2H3,(H,21,25). The van der Waals surface area contributed by atoms with E-state index < -0.39 is 6.04 Å². The van der Waals surface area contributed by atoms with Crippen molar-refractivity contribution in [2.75, 3.05) is 0 Å². The Kier molecular flexibility index (Phi) is 4.53. The molecule has 0 saturated carbocycles. The van der Waals surface area contributed by atoms with Crippen LogP contribution in [-0.2, 0) is 18.4 Å². The van der Waals surface area contributed by atoms with Crippen LogP contribution in [0.25, 0.3) is 21.8 Å². The number of thiophene rings is 1. The highest BCUT2D eigenvalue weighted by Crippen LogP contribution is 2.30. The van der Waals surface area contributed by atoms with Gasteiger partial charge in [0.15, 0.2) is 0 Å². The van der Waals surface area contributed by atoms with Crippen molar-refractivity contribution in [1.82, 2.24) is 19.7 Å². The number of nitrogens with one attached hydrogen (secondary N) is 1. The van der Waals surface area contributed by atoms with Gasteiger partial charge in [-0.15, -0.1) is 11.3 Å². The number of benzene rings is 1. The molecule has 0 fully saturated rings. The summed E-state index contributed by atoms with van der Waals surface area (Å²) in [7, 11) is 1.63. The molecule has 0 aliphatic rings. The molecule has 4 aromatic rings. The molecule has 1 aromatic carbocycles. The van der Waals surface area contributed by atoms with Gasteiger partial charge in [0.2, 0.25) is 5.91 Å². The Labute approximate surface area is 160 Å². The van der Waals surface area contributed by atoms with Crippen molar-refractivity contribution in [3.05, 3.63) is 63.2 Å². The monoisotopic (exact) mass is 380 g/mol. The maximum absolute atomic E-state index is 13.0. The van der Waals surface area contributed by atoms with Gasteiger partial charge in [-0.05, 0) is 23.9 Å². The summed E-state index contributed by atoms with van der Waals surface area (Å²) in [6.45, 7) is 2.45. The number of amides is 1. The normalized spacial score (nSPS) is 12.5. The Hall–Kier alpha value is -2.93. The van der Waals surface area contributed by atoms with Crippen LogP contribution in [0.5, 0.6) is 0 Å². The van der Waals surface area contributed by atoms with E-state index in [-0.39, 0.29) is 11.5 Å². The summed E-state index contributed by atoms with van der Waals surface area (Å²) in [6, 6.07) is 11.3.